The maximum atomic E-state index is 13.4. The van der Waals surface area contributed by atoms with Crippen molar-refractivity contribution in [3.8, 4) is 0 Å². The van der Waals surface area contributed by atoms with Crippen LogP contribution in [0, 0.1) is 6.92 Å². The Morgan fingerprint density at radius 2 is 1.97 bits per heavy atom. The maximum absolute atomic E-state index is 13.4. The van der Waals surface area contributed by atoms with E-state index in [9.17, 15) is 18.0 Å². The monoisotopic (exact) mass is 434 g/mol. The zero-order chi connectivity index (χ0) is 22.0. The number of hydrogen-bond acceptors (Lipinski definition) is 6. The van der Waals surface area contributed by atoms with Crippen LogP contribution in [0.2, 0.25) is 0 Å². The normalized spacial score (nSPS) is 14.8. The number of nitrogens with zero attached hydrogens (tertiary/aromatic N) is 4. The van der Waals surface area contributed by atoms with Gasteiger partial charge in [-0.3, -0.25) is 4.79 Å². The fraction of sp³-hybridized carbons (Fsp3) is 0.381. The Labute approximate surface area is 176 Å². The third kappa shape index (κ3) is 4.34. The predicted molar refractivity (Wildman–Crippen MR) is 106 cm³/mol. The third-order valence-electron chi connectivity index (χ3n) is 5.37. The summed E-state index contributed by atoms with van der Waals surface area (Å²) in [7, 11) is 0. The van der Waals surface area contributed by atoms with Crippen LogP contribution >= 0.6 is 0 Å². The number of ether oxygens (including phenoxy) is 2. The van der Waals surface area contributed by atoms with Crippen LogP contribution in [0.3, 0.4) is 0 Å². The van der Waals surface area contributed by atoms with E-state index in [0.717, 1.165) is 11.9 Å². The molecular weight excluding hydrogens is 413 g/mol. The van der Waals surface area contributed by atoms with Crippen LogP contribution in [0.1, 0.15) is 28.1 Å². The topological polar surface area (TPSA) is 69.0 Å². The first-order valence-corrected chi connectivity index (χ1v) is 9.79. The molecule has 0 atom stereocenters. The van der Waals surface area contributed by atoms with Gasteiger partial charge in [-0.2, -0.15) is 13.2 Å². The van der Waals surface area contributed by atoms with E-state index in [-0.39, 0.29) is 18.6 Å². The zero-order valence-corrected chi connectivity index (χ0v) is 16.9. The van der Waals surface area contributed by atoms with Gasteiger partial charge in [-0.25, -0.2) is 9.50 Å². The second-order valence-electron chi connectivity index (χ2n) is 7.24. The van der Waals surface area contributed by atoms with Gasteiger partial charge in [0, 0.05) is 19.5 Å². The van der Waals surface area contributed by atoms with Gasteiger partial charge >= 0.3 is 6.18 Å². The highest BCUT2D eigenvalue weighted by Gasteiger charge is 2.33. The number of fused-ring (bicyclic) bond motifs is 1. The van der Waals surface area contributed by atoms with E-state index in [1.165, 1.54) is 13.0 Å². The van der Waals surface area contributed by atoms with Crippen molar-refractivity contribution in [2.45, 2.75) is 26.1 Å². The van der Waals surface area contributed by atoms with Crippen LogP contribution in [0.5, 0.6) is 0 Å². The van der Waals surface area contributed by atoms with Crippen molar-refractivity contribution in [2.24, 2.45) is 0 Å². The Balaban J connectivity index is 1.78. The number of rotatable bonds is 6. The van der Waals surface area contributed by atoms with Gasteiger partial charge in [0.05, 0.1) is 24.5 Å². The van der Waals surface area contributed by atoms with Crippen LogP contribution in [-0.2, 0) is 33.5 Å². The molecule has 1 saturated heterocycles. The standard InChI is InChI=1S/C21H21F3N4O3/c1-14-15(3-2-4-16(14)21(22,23)24)11-18-17(12-31-13-29)25-19-5-6-20(26-28(18)19)27-7-9-30-10-8-27/h2-6,13H,7-12H2,1H3. The van der Waals surface area contributed by atoms with E-state index < -0.39 is 11.7 Å². The number of carbonyl (C=O) groups excluding carboxylic acids is 1. The lowest BCUT2D eigenvalue weighted by atomic mass is 9.98. The first kappa shape index (κ1) is 21.1. The molecule has 0 unspecified atom stereocenters. The number of benzene rings is 1. The number of aromatic nitrogens is 3. The molecule has 0 bridgehead atoms. The number of anilines is 1. The highest BCUT2D eigenvalue weighted by Crippen LogP contribution is 2.34. The first-order chi connectivity index (χ1) is 14.9. The minimum atomic E-state index is -4.44. The highest BCUT2D eigenvalue weighted by molar-refractivity contribution is 5.50. The van der Waals surface area contributed by atoms with E-state index in [0.29, 0.717) is 55.4 Å². The smallest absolute Gasteiger partial charge is 0.416 e. The Hall–Kier alpha value is -3.14. The molecule has 0 aliphatic carbocycles. The third-order valence-corrected chi connectivity index (χ3v) is 5.37. The lowest BCUT2D eigenvalue weighted by Crippen LogP contribution is -2.37. The van der Waals surface area contributed by atoms with Gasteiger partial charge in [0.1, 0.15) is 18.1 Å². The molecule has 10 heteroatoms. The first-order valence-electron chi connectivity index (χ1n) is 9.79. The fourth-order valence-corrected chi connectivity index (χ4v) is 3.74. The molecule has 3 aromatic rings. The van der Waals surface area contributed by atoms with Gasteiger partial charge in [-0.15, -0.1) is 5.10 Å². The summed E-state index contributed by atoms with van der Waals surface area (Å²) >= 11 is 0. The van der Waals surface area contributed by atoms with Gasteiger partial charge in [0.15, 0.2) is 5.65 Å². The van der Waals surface area contributed by atoms with Crippen LogP contribution in [-0.4, -0.2) is 47.4 Å². The number of hydrogen-bond donors (Lipinski definition) is 0. The summed E-state index contributed by atoms with van der Waals surface area (Å²) in [5.41, 5.74) is 1.54. The number of alkyl halides is 3. The second kappa shape index (κ2) is 8.54. The van der Waals surface area contributed by atoms with Crippen LogP contribution in [0.15, 0.2) is 30.3 Å². The lowest BCUT2D eigenvalue weighted by Gasteiger charge is -2.27. The van der Waals surface area contributed by atoms with Crippen molar-refractivity contribution in [1.29, 1.82) is 0 Å². The molecule has 0 radical (unpaired) electrons. The summed E-state index contributed by atoms with van der Waals surface area (Å²) in [4.78, 5) is 17.3. The van der Waals surface area contributed by atoms with Crippen LogP contribution in [0.25, 0.3) is 5.65 Å². The minimum absolute atomic E-state index is 0.0902. The summed E-state index contributed by atoms with van der Waals surface area (Å²) in [5.74, 6) is 0.720. The molecule has 31 heavy (non-hydrogen) atoms. The molecule has 0 spiro atoms. The van der Waals surface area contributed by atoms with Gasteiger partial charge < -0.3 is 14.4 Å². The number of halogens is 3. The largest absolute Gasteiger partial charge is 0.461 e. The highest BCUT2D eigenvalue weighted by atomic mass is 19.4. The van der Waals surface area contributed by atoms with Gasteiger partial charge in [0.25, 0.3) is 6.47 Å². The Morgan fingerprint density at radius 1 is 1.19 bits per heavy atom. The van der Waals surface area contributed by atoms with Gasteiger partial charge in [-0.05, 0) is 36.2 Å². The Bertz CT molecular complexity index is 1090. The molecule has 0 amide bonds. The predicted octanol–water partition coefficient (Wildman–Crippen LogP) is 3.16. The van der Waals surface area contributed by atoms with E-state index in [1.807, 2.05) is 6.07 Å². The number of carbonyl (C=O) groups is 1. The Morgan fingerprint density at radius 3 is 2.68 bits per heavy atom. The lowest BCUT2D eigenvalue weighted by molar-refractivity contribution is -0.138. The summed E-state index contributed by atoms with van der Waals surface area (Å²) in [6.45, 7) is 4.25. The molecule has 1 aromatic carbocycles. The summed E-state index contributed by atoms with van der Waals surface area (Å²) < 4.78 is 52.0. The van der Waals surface area contributed by atoms with Crippen molar-refractivity contribution in [3.05, 3.63) is 58.4 Å². The number of morpholine rings is 1. The van der Waals surface area contributed by atoms with Gasteiger partial charge in [0.2, 0.25) is 0 Å². The maximum Gasteiger partial charge on any atom is 0.416 e. The quantitative estimate of drug-likeness (QED) is 0.556. The molecule has 1 aliphatic rings. The van der Waals surface area contributed by atoms with Crippen molar-refractivity contribution >= 4 is 17.9 Å². The van der Waals surface area contributed by atoms with Crippen molar-refractivity contribution in [1.82, 2.24) is 14.6 Å². The molecule has 0 N–H and O–H groups in total. The van der Waals surface area contributed by atoms with Crippen LogP contribution < -0.4 is 4.90 Å². The molecule has 164 valence electrons. The van der Waals surface area contributed by atoms with E-state index in [1.54, 1.807) is 16.6 Å². The second-order valence-corrected chi connectivity index (χ2v) is 7.24. The van der Waals surface area contributed by atoms with E-state index in [2.05, 4.69) is 15.0 Å². The van der Waals surface area contributed by atoms with Crippen molar-refractivity contribution in [2.75, 3.05) is 31.2 Å². The Kier molecular flexibility index (Phi) is 5.81. The van der Waals surface area contributed by atoms with Crippen LogP contribution in [0.4, 0.5) is 19.0 Å². The summed E-state index contributed by atoms with van der Waals surface area (Å²) in [6, 6.07) is 7.75. The van der Waals surface area contributed by atoms with Gasteiger partial charge in [-0.1, -0.05) is 12.1 Å². The molecule has 7 nitrogen and oxygen atoms in total. The average Bonchev–Trinajstić information content (AvgIpc) is 3.10. The molecule has 1 fully saturated rings. The molecular formula is C21H21F3N4O3. The SMILES string of the molecule is Cc1c(Cc2c(COC=O)nc3ccc(N4CCOCC4)nn23)cccc1C(F)(F)F. The summed E-state index contributed by atoms with van der Waals surface area (Å²) in [5, 5.41) is 4.68. The molecule has 4 rings (SSSR count). The van der Waals surface area contributed by atoms with E-state index in [4.69, 9.17) is 9.47 Å². The molecule has 2 aromatic heterocycles. The zero-order valence-electron chi connectivity index (χ0n) is 16.9. The number of imidazole rings is 1. The molecule has 0 saturated carbocycles. The molecule has 1 aliphatic heterocycles. The van der Waals surface area contributed by atoms with Crippen molar-refractivity contribution < 1.29 is 27.4 Å². The fourth-order valence-electron chi connectivity index (χ4n) is 3.74. The van der Waals surface area contributed by atoms with E-state index >= 15 is 0 Å². The average molecular weight is 434 g/mol. The molecule has 3 heterocycles. The summed E-state index contributed by atoms with van der Waals surface area (Å²) in [6.07, 6.45) is -4.28. The van der Waals surface area contributed by atoms with Crippen molar-refractivity contribution in [3.63, 3.8) is 0 Å². The minimum Gasteiger partial charge on any atom is -0.461 e.